The summed E-state index contributed by atoms with van der Waals surface area (Å²) in [5, 5.41) is 11.9. The average Bonchev–Trinajstić information content (AvgIpc) is 2.86. The lowest BCUT2D eigenvalue weighted by molar-refractivity contribution is -0.120. The Bertz CT molecular complexity index is 560. The third-order valence-electron chi connectivity index (χ3n) is 4.31. The number of aryl methyl sites for hydroxylation is 1. The van der Waals surface area contributed by atoms with Gasteiger partial charge in [-0.2, -0.15) is 0 Å². The van der Waals surface area contributed by atoms with Gasteiger partial charge < -0.3 is 15.6 Å². The molecule has 1 aliphatic rings. The maximum atomic E-state index is 12.1. The van der Waals surface area contributed by atoms with Crippen LogP contribution < -0.4 is 11.1 Å². The van der Waals surface area contributed by atoms with Gasteiger partial charge in [-0.1, -0.05) is 31.5 Å². The van der Waals surface area contributed by atoms with Crippen LogP contribution >= 0.6 is 11.8 Å². The Hall–Kier alpha value is -1.57. The molecule has 0 bridgehead atoms. The fraction of sp³-hybridized carbons (Fsp3) is 0.733. The standard InChI is InChI=1S/C15H25N5O2S/c1-10-5-3-4-6-11(10)17-14(22)9-23-15-19-18-13(20(15)2)8-7-12(16)21/h10-11H,3-9H2,1-2H3,(H2,16,21)(H,17,22)/t10-,11-/m0/s1. The van der Waals surface area contributed by atoms with Crippen molar-refractivity contribution >= 4 is 23.6 Å². The van der Waals surface area contributed by atoms with Gasteiger partial charge in [0.2, 0.25) is 11.8 Å². The lowest BCUT2D eigenvalue weighted by Crippen LogP contribution is -2.41. The van der Waals surface area contributed by atoms with Crippen molar-refractivity contribution in [3.8, 4) is 0 Å². The minimum atomic E-state index is -0.358. The van der Waals surface area contributed by atoms with Crippen molar-refractivity contribution in [3.63, 3.8) is 0 Å². The molecule has 1 aliphatic carbocycles. The van der Waals surface area contributed by atoms with Crippen molar-refractivity contribution in [2.24, 2.45) is 18.7 Å². The quantitative estimate of drug-likeness (QED) is 0.722. The van der Waals surface area contributed by atoms with Crippen molar-refractivity contribution < 1.29 is 9.59 Å². The van der Waals surface area contributed by atoms with E-state index in [1.54, 1.807) is 0 Å². The van der Waals surface area contributed by atoms with Crippen LogP contribution in [0.25, 0.3) is 0 Å². The van der Waals surface area contributed by atoms with Gasteiger partial charge in [0.1, 0.15) is 5.82 Å². The maximum Gasteiger partial charge on any atom is 0.230 e. The second-order valence-corrected chi connectivity index (χ2v) is 7.09. The molecule has 1 saturated carbocycles. The van der Waals surface area contributed by atoms with Crippen LogP contribution in [-0.2, 0) is 23.1 Å². The number of primary amides is 1. The van der Waals surface area contributed by atoms with Crippen LogP contribution in [0.5, 0.6) is 0 Å². The van der Waals surface area contributed by atoms with E-state index in [1.807, 2.05) is 11.6 Å². The zero-order valence-corrected chi connectivity index (χ0v) is 14.6. The number of nitrogens with one attached hydrogen (secondary N) is 1. The Morgan fingerprint density at radius 2 is 2.09 bits per heavy atom. The molecule has 0 aromatic carbocycles. The fourth-order valence-electron chi connectivity index (χ4n) is 2.83. The highest BCUT2D eigenvalue weighted by Gasteiger charge is 2.23. The van der Waals surface area contributed by atoms with Crippen molar-refractivity contribution in [1.29, 1.82) is 0 Å². The molecule has 0 saturated heterocycles. The first kappa shape index (κ1) is 17.8. The summed E-state index contributed by atoms with van der Waals surface area (Å²) in [6.07, 6.45) is 5.41. The van der Waals surface area contributed by atoms with Crippen LogP contribution in [0.4, 0.5) is 0 Å². The minimum absolute atomic E-state index is 0.0374. The van der Waals surface area contributed by atoms with Crippen LogP contribution in [0.2, 0.25) is 0 Å². The number of carbonyl (C=O) groups is 2. The number of amides is 2. The molecule has 2 rings (SSSR count). The number of thioether (sulfide) groups is 1. The zero-order valence-electron chi connectivity index (χ0n) is 13.7. The van der Waals surface area contributed by atoms with Crippen molar-refractivity contribution in [1.82, 2.24) is 20.1 Å². The number of nitrogens with zero attached hydrogens (tertiary/aromatic N) is 3. The molecule has 128 valence electrons. The van der Waals surface area contributed by atoms with Crippen LogP contribution in [0.15, 0.2) is 5.16 Å². The van der Waals surface area contributed by atoms with Crippen LogP contribution in [-0.4, -0.2) is 38.4 Å². The van der Waals surface area contributed by atoms with Gasteiger partial charge in [-0.3, -0.25) is 9.59 Å². The van der Waals surface area contributed by atoms with E-state index < -0.39 is 0 Å². The van der Waals surface area contributed by atoms with Crippen molar-refractivity contribution in [2.75, 3.05) is 5.75 Å². The molecule has 0 unspecified atom stereocenters. The molecule has 1 aromatic rings. The molecule has 8 heteroatoms. The summed E-state index contributed by atoms with van der Waals surface area (Å²) in [5.74, 6) is 1.25. The summed E-state index contributed by atoms with van der Waals surface area (Å²) in [6, 6.07) is 0.294. The first-order chi connectivity index (χ1) is 11.0. The highest BCUT2D eigenvalue weighted by Crippen LogP contribution is 2.24. The number of hydrogen-bond acceptors (Lipinski definition) is 5. The Labute approximate surface area is 140 Å². The van der Waals surface area contributed by atoms with Crippen molar-refractivity contribution in [2.45, 2.75) is 56.6 Å². The van der Waals surface area contributed by atoms with Crippen LogP contribution in [0.3, 0.4) is 0 Å². The molecule has 2 atom stereocenters. The van der Waals surface area contributed by atoms with Gasteiger partial charge >= 0.3 is 0 Å². The third-order valence-corrected chi connectivity index (χ3v) is 5.33. The maximum absolute atomic E-state index is 12.1. The van der Waals surface area contributed by atoms with E-state index in [4.69, 9.17) is 5.73 Å². The first-order valence-corrected chi connectivity index (χ1v) is 9.04. The highest BCUT2D eigenvalue weighted by atomic mass is 32.2. The van der Waals surface area contributed by atoms with E-state index in [1.165, 1.54) is 31.0 Å². The summed E-state index contributed by atoms with van der Waals surface area (Å²) in [6.45, 7) is 2.20. The monoisotopic (exact) mass is 339 g/mol. The second kappa shape index (κ2) is 8.33. The molecule has 0 aliphatic heterocycles. The Morgan fingerprint density at radius 1 is 1.35 bits per heavy atom. The smallest absolute Gasteiger partial charge is 0.230 e. The largest absolute Gasteiger partial charge is 0.370 e. The van der Waals surface area contributed by atoms with Crippen LogP contribution in [0.1, 0.15) is 44.9 Å². The molecule has 7 nitrogen and oxygen atoms in total. The van der Waals surface area contributed by atoms with E-state index in [-0.39, 0.29) is 18.2 Å². The van der Waals surface area contributed by atoms with Gasteiger partial charge in [-0.15, -0.1) is 10.2 Å². The van der Waals surface area contributed by atoms with Gasteiger partial charge in [-0.25, -0.2) is 0 Å². The fourth-order valence-corrected chi connectivity index (χ4v) is 3.57. The second-order valence-electron chi connectivity index (χ2n) is 6.15. The molecule has 1 aromatic heterocycles. The molecule has 1 heterocycles. The normalized spacial score (nSPS) is 21.1. The van der Waals surface area contributed by atoms with Gasteiger partial charge in [-0.05, 0) is 18.8 Å². The highest BCUT2D eigenvalue weighted by molar-refractivity contribution is 7.99. The molecule has 1 fully saturated rings. The predicted octanol–water partition coefficient (Wildman–Crippen LogP) is 1.02. The summed E-state index contributed by atoms with van der Waals surface area (Å²) < 4.78 is 1.81. The van der Waals surface area contributed by atoms with Gasteiger partial charge in [0.25, 0.3) is 0 Å². The summed E-state index contributed by atoms with van der Waals surface area (Å²) in [5.41, 5.74) is 5.14. The summed E-state index contributed by atoms with van der Waals surface area (Å²) in [7, 11) is 1.83. The zero-order chi connectivity index (χ0) is 16.8. The predicted molar refractivity (Wildman–Crippen MR) is 88.8 cm³/mol. The molecule has 23 heavy (non-hydrogen) atoms. The summed E-state index contributed by atoms with van der Waals surface area (Å²) >= 11 is 1.36. The molecular formula is C15H25N5O2S. The lowest BCUT2D eigenvalue weighted by Gasteiger charge is -2.29. The number of hydrogen-bond donors (Lipinski definition) is 2. The van der Waals surface area contributed by atoms with E-state index in [0.29, 0.717) is 35.1 Å². The van der Waals surface area contributed by atoms with E-state index in [2.05, 4.69) is 22.4 Å². The topological polar surface area (TPSA) is 103 Å². The first-order valence-electron chi connectivity index (χ1n) is 8.06. The average molecular weight is 339 g/mol. The lowest BCUT2D eigenvalue weighted by atomic mass is 9.86. The number of aromatic nitrogens is 3. The van der Waals surface area contributed by atoms with E-state index >= 15 is 0 Å². The summed E-state index contributed by atoms with van der Waals surface area (Å²) in [4.78, 5) is 22.9. The SMILES string of the molecule is C[C@H]1CCCC[C@@H]1NC(=O)CSc1nnc(CCC(N)=O)n1C. The number of carbonyl (C=O) groups excluding carboxylic acids is 2. The van der Waals surface area contributed by atoms with Crippen molar-refractivity contribution in [3.05, 3.63) is 5.82 Å². The Kier molecular flexibility index (Phi) is 6.44. The number of rotatable bonds is 7. The number of nitrogens with two attached hydrogens (primary N) is 1. The van der Waals surface area contributed by atoms with E-state index in [9.17, 15) is 9.59 Å². The van der Waals surface area contributed by atoms with E-state index in [0.717, 1.165) is 6.42 Å². The molecule has 0 spiro atoms. The van der Waals surface area contributed by atoms with Gasteiger partial charge in [0, 0.05) is 25.9 Å². The Morgan fingerprint density at radius 3 is 2.78 bits per heavy atom. The van der Waals surface area contributed by atoms with Crippen LogP contribution in [0, 0.1) is 5.92 Å². The molecular weight excluding hydrogens is 314 g/mol. The molecule has 0 radical (unpaired) electrons. The van der Waals surface area contributed by atoms with Gasteiger partial charge in [0.15, 0.2) is 5.16 Å². The minimum Gasteiger partial charge on any atom is -0.370 e. The van der Waals surface area contributed by atoms with Gasteiger partial charge in [0.05, 0.1) is 5.75 Å². The Balaban J connectivity index is 1.81. The molecule has 3 N–H and O–H groups in total. The molecule has 2 amide bonds. The third kappa shape index (κ3) is 5.23.